The van der Waals surface area contributed by atoms with Gasteiger partial charge in [0.15, 0.2) is 0 Å². The van der Waals surface area contributed by atoms with Crippen molar-refractivity contribution in [2.75, 3.05) is 0 Å². The minimum absolute atomic E-state index is 0.128. The number of carboxylic acids is 1. The summed E-state index contributed by atoms with van der Waals surface area (Å²) in [7, 11) is 0. The molecule has 1 amide bonds. The van der Waals surface area contributed by atoms with Crippen LogP contribution in [0.25, 0.3) is 10.9 Å². The number of fused-ring (bicyclic) bond motifs is 1. The number of carbonyl (C=O) groups excluding carboxylic acids is 1. The van der Waals surface area contributed by atoms with E-state index in [1.165, 1.54) is 0 Å². The number of carboxylic acid groups (broad SMARTS) is 1. The summed E-state index contributed by atoms with van der Waals surface area (Å²) in [5.74, 6) is -0.786. The summed E-state index contributed by atoms with van der Waals surface area (Å²) in [5.41, 5.74) is 10.3. The lowest BCUT2D eigenvalue weighted by Crippen LogP contribution is -2.14. The number of hydrogen-bond donors (Lipinski definition) is 2. The van der Waals surface area contributed by atoms with Gasteiger partial charge in [-0.05, 0) is 42.3 Å². The van der Waals surface area contributed by atoms with E-state index >= 15 is 0 Å². The van der Waals surface area contributed by atoms with Gasteiger partial charge < -0.3 is 20.1 Å². The summed E-state index contributed by atoms with van der Waals surface area (Å²) in [4.78, 5) is 23.2. The average molecular weight is 428 g/mol. The van der Waals surface area contributed by atoms with Gasteiger partial charge in [0, 0.05) is 28.7 Å². The first-order valence-electron chi connectivity index (χ1n) is 10.3. The molecule has 0 saturated heterocycles. The quantitative estimate of drug-likeness (QED) is 0.437. The SMILES string of the molecule is Cc1c(CC(N)=O)c2cc(OCc3ccccc3C(=O)O)ccc2n1Cc1ccccc1. The summed E-state index contributed by atoms with van der Waals surface area (Å²) in [6, 6.07) is 22.6. The van der Waals surface area contributed by atoms with Crippen molar-refractivity contribution in [1.82, 2.24) is 4.57 Å². The van der Waals surface area contributed by atoms with Crippen molar-refractivity contribution in [2.24, 2.45) is 5.73 Å². The molecule has 0 aliphatic carbocycles. The Hall–Kier alpha value is -4.06. The van der Waals surface area contributed by atoms with Crippen molar-refractivity contribution < 1.29 is 19.4 Å². The van der Waals surface area contributed by atoms with Gasteiger partial charge in [-0.15, -0.1) is 0 Å². The molecule has 0 aliphatic rings. The van der Waals surface area contributed by atoms with Crippen LogP contribution in [0.15, 0.2) is 72.8 Å². The van der Waals surface area contributed by atoms with E-state index in [1.54, 1.807) is 24.3 Å². The van der Waals surface area contributed by atoms with Crippen LogP contribution in [0.1, 0.15) is 32.7 Å². The fourth-order valence-corrected chi connectivity index (χ4v) is 4.00. The Morgan fingerprint density at radius 1 is 1.00 bits per heavy atom. The second kappa shape index (κ2) is 8.98. The molecule has 4 aromatic rings. The number of hydrogen-bond acceptors (Lipinski definition) is 3. The Morgan fingerprint density at radius 3 is 2.44 bits per heavy atom. The molecule has 3 N–H and O–H groups in total. The van der Waals surface area contributed by atoms with Gasteiger partial charge in [-0.3, -0.25) is 4.79 Å². The number of carbonyl (C=O) groups is 2. The van der Waals surface area contributed by atoms with Gasteiger partial charge in [0.2, 0.25) is 5.91 Å². The topological polar surface area (TPSA) is 94.6 Å². The van der Waals surface area contributed by atoms with E-state index in [2.05, 4.69) is 16.7 Å². The molecule has 0 radical (unpaired) electrons. The molecule has 1 heterocycles. The Bertz CT molecular complexity index is 1290. The number of primary amides is 1. The van der Waals surface area contributed by atoms with E-state index in [-0.39, 0.29) is 18.6 Å². The third-order valence-electron chi connectivity index (χ3n) is 5.60. The van der Waals surface area contributed by atoms with Gasteiger partial charge in [-0.25, -0.2) is 4.79 Å². The second-order valence-corrected chi connectivity index (χ2v) is 7.71. The minimum atomic E-state index is -0.989. The molecule has 0 fully saturated rings. The number of ether oxygens (including phenoxy) is 1. The molecule has 0 spiro atoms. The van der Waals surface area contributed by atoms with E-state index in [4.69, 9.17) is 10.5 Å². The molecule has 4 rings (SSSR count). The van der Waals surface area contributed by atoms with Crippen molar-refractivity contribution in [3.8, 4) is 5.75 Å². The van der Waals surface area contributed by atoms with E-state index in [0.29, 0.717) is 17.9 Å². The first-order chi connectivity index (χ1) is 15.4. The zero-order valence-corrected chi connectivity index (χ0v) is 17.7. The standard InChI is InChI=1S/C26H24N2O4/c1-17-22(14-25(27)29)23-13-20(32-16-19-9-5-6-10-21(19)26(30)31)11-12-24(23)28(17)15-18-7-3-2-4-8-18/h2-13H,14-16H2,1H3,(H2,27,29)(H,30,31). The third kappa shape index (κ3) is 4.34. The summed E-state index contributed by atoms with van der Waals surface area (Å²) in [6.07, 6.45) is 0.134. The fourth-order valence-electron chi connectivity index (χ4n) is 4.00. The molecule has 0 atom stereocenters. The Balaban J connectivity index is 1.69. The minimum Gasteiger partial charge on any atom is -0.489 e. The maximum atomic E-state index is 11.8. The smallest absolute Gasteiger partial charge is 0.336 e. The van der Waals surface area contributed by atoms with Crippen LogP contribution in [0.4, 0.5) is 0 Å². The van der Waals surface area contributed by atoms with Crippen LogP contribution < -0.4 is 10.5 Å². The highest BCUT2D eigenvalue weighted by atomic mass is 16.5. The van der Waals surface area contributed by atoms with Crippen LogP contribution in [0.5, 0.6) is 5.75 Å². The van der Waals surface area contributed by atoms with Gasteiger partial charge in [-0.1, -0.05) is 48.5 Å². The van der Waals surface area contributed by atoms with Crippen molar-refractivity contribution in [1.29, 1.82) is 0 Å². The van der Waals surface area contributed by atoms with Gasteiger partial charge >= 0.3 is 5.97 Å². The molecule has 1 aromatic heterocycles. The highest BCUT2D eigenvalue weighted by molar-refractivity contribution is 5.91. The molecule has 162 valence electrons. The molecule has 3 aromatic carbocycles. The lowest BCUT2D eigenvalue weighted by molar-refractivity contribution is -0.117. The molecule has 0 bridgehead atoms. The van der Waals surface area contributed by atoms with Gasteiger partial charge in [0.05, 0.1) is 12.0 Å². The van der Waals surface area contributed by atoms with Crippen LogP contribution in [0.3, 0.4) is 0 Å². The number of amides is 1. The molecule has 0 saturated carbocycles. The van der Waals surface area contributed by atoms with E-state index in [9.17, 15) is 14.7 Å². The van der Waals surface area contributed by atoms with Crippen LogP contribution in [-0.2, 0) is 24.4 Å². The first-order valence-corrected chi connectivity index (χ1v) is 10.3. The normalized spacial score (nSPS) is 10.9. The largest absolute Gasteiger partial charge is 0.489 e. The van der Waals surface area contributed by atoms with Crippen molar-refractivity contribution >= 4 is 22.8 Å². The lowest BCUT2D eigenvalue weighted by Gasteiger charge is -2.10. The Morgan fingerprint density at radius 2 is 1.72 bits per heavy atom. The zero-order valence-electron chi connectivity index (χ0n) is 17.7. The average Bonchev–Trinajstić information content (AvgIpc) is 3.03. The van der Waals surface area contributed by atoms with E-state index < -0.39 is 11.9 Å². The highest BCUT2D eigenvalue weighted by Gasteiger charge is 2.17. The predicted octanol–water partition coefficient (Wildman–Crippen LogP) is 4.30. The maximum Gasteiger partial charge on any atom is 0.336 e. The fraction of sp³-hybridized carbons (Fsp3) is 0.154. The molecule has 6 heteroatoms. The molecular weight excluding hydrogens is 404 g/mol. The van der Waals surface area contributed by atoms with Gasteiger partial charge in [-0.2, -0.15) is 0 Å². The summed E-state index contributed by atoms with van der Waals surface area (Å²) < 4.78 is 8.10. The molecule has 0 unspecified atom stereocenters. The summed E-state index contributed by atoms with van der Waals surface area (Å²) in [5, 5.41) is 10.3. The van der Waals surface area contributed by atoms with E-state index in [1.807, 2.05) is 43.3 Å². The van der Waals surface area contributed by atoms with E-state index in [0.717, 1.165) is 27.7 Å². The van der Waals surface area contributed by atoms with Gasteiger partial charge in [0.25, 0.3) is 0 Å². The molecular formula is C26H24N2O4. The number of rotatable bonds is 8. The van der Waals surface area contributed by atoms with Crippen LogP contribution in [-0.4, -0.2) is 21.6 Å². The maximum absolute atomic E-state index is 11.8. The Labute approximate surface area is 185 Å². The lowest BCUT2D eigenvalue weighted by atomic mass is 10.1. The van der Waals surface area contributed by atoms with Crippen molar-refractivity contribution in [3.05, 3.63) is 101 Å². The van der Waals surface area contributed by atoms with Crippen LogP contribution in [0, 0.1) is 6.92 Å². The number of nitrogens with zero attached hydrogens (tertiary/aromatic N) is 1. The first kappa shape index (κ1) is 21.2. The number of benzene rings is 3. The number of nitrogens with two attached hydrogens (primary N) is 1. The highest BCUT2D eigenvalue weighted by Crippen LogP contribution is 2.31. The molecule has 6 nitrogen and oxygen atoms in total. The van der Waals surface area contributed by atoms with Crippen molar-refractivity contribution in [2.45, 2.75) is 26.5 Å². The van der Waals surface area contributed by atoms with Crippen molar-refractivity contribution in [3.63, 3.8) is 0 Å². The van der Waals surface area contributed by atoms with Gasteiger partial charge in [0.1, 0.15) is 12.4 Å². The van der Waals surface area contributed by atoms with Crippen LogP contribution in [0.2, 0.25) is 0 Å². The predicted molar refractivity (Wildman–Crippen MR) is 123 cm³/mol. The second-order valence-electron chi connectivity index (χ2n) is 7.71. The molecule has 32 heavy (non-hydrogen) atoms. The summed E-state index contributed by atoms with van der Waals surface area (Å²) in [6.45, 7) is 2.79. The number of aromatic carboxylic acids is 1. The third-order valence-corrected chi connectivity index (χ3v) is 5.60. The molecule has 0 aliphatic heterocycles. The zero-order chi connectivity index (χ0) is 22.7. The van der Waals surface area contributed by atoms with Crippen LogP contribution >= 0.6 is 0 Å². The summed E-state index contributed by atoms with van der Waals surface area (Å²) >= 11 is 0. The Kier molecular flexibility index (Phi) is 5.94. The monoisotopic (exact) mass is 428 g/mol. The number of aromatic nitrogens is 1.